The number of anilines is 4. The minimum absolute atomic E-state index is 0.259. The molecule has 3 heterocycles. The molecule has 0 radical (unpaired) electrons. The zero-order valence-corrected chi connectivity index (χ0v) is 22.6. The Hall–Kier alpha value is -4.34. The molecular weight excluding hydrogens is 514 g/mol. The lowest BCUT2D eigenvalue weighted by Crippen LogP contribution is -2.44. The third-order valence-corrected chi connectivity index (χ3v) is 6.91. The zero-order chi connectivity index (χ0) is 27.4. The van der Waals surface area contributed by atoms with Crippen molar-refractivity contribution in [1.29, 1.82) is 0 Å². The van der Waals surface area contributed by atoms with E-state index in [-0.39, 0.29) is 5.91 Å². The third-order valence-electron chi connectivity index (χ3n) is 6.64. The second-order valence-electron chi connectivity index (χ2n) is 9.21. The number of rotatable bonds is 8. The minimum Gasteiger partial charge on any atom is -0.494 e. The maximum Gasteiger partial charge on any atom is 0.248 e. The SMILES string of the molecule is C=C/C=C/C(=O)Nc1cc(Nc2ncc(Cl)c(-c3c[nH]c4ccccc34)n2)c(OC)cc1N1CCN(C)CC1. The topological polar surface area (TPSA) is 98.4 Å². The van der Waals surface area contributed by atoms with Gasteiger partial charge in [0.05, 0.1) is 41.1 Å². The molecule has 0 unspecified atom stereocenters. The summed E-state index contributed by atoms with van der Waals surface area (Å²) in [6.07, 6.45) is 8.06. The van der Waals surface area contributed by atoms with Crippen LogP contribution in [0.3, 0.4) is 0 Å². The van der Waals surface area contributed by atoms with Crippen molar-refractivity contribution in [2.24, 2.45) is 0 Å². The number of piperazine rings is 1. The number of halogens is 1. The number of carbonyl (C=O) groups excluding carboxylic acids is 1. The summed E-state index contributed by atoms with van der Waals surface area (Å²) in [4.78, 5) is 29.6. The van der Waals surface area contributed by atoms with E-state index in [1.165, 1.54) is 6.08 Å². The van der Waals surface area contributed by atoms with E-state index in [4.69, 9.17) is 21.3 Å². The van der Waals surface area contributed by atoms with Crippen molar-refractivity contribution in [3.63, 3.8) is 0 Å². The van der Waals surface area contributed by atoms with E-state index in [9.17, 15) is 4.79 Å². The van der Waals surface area contributed by atoms with Gasteiger partial charge in [-0.1, -0.05) is 48.5 Å². The Balaban J connectivity index is 1.52. The van der Waals surface area contributed by atoms with Crippen LogP contribution in [0, 0.1) is 0 Å². The molecule has 5 rings (SSSR count). The van der Waals surface area contributed by atoms with Gasteiger partial charge in [-0.3, -0.25) is 4.79 Å². The molecule has 1 fully saturated rings. The van der Waals surface area contributed by atoms with Crippen molar-refractivity contribution in [1.82, 2.24) is 19.9 Å². The molecule has 1 amide bonds. The summed E-state index contributed by atoms with van der Waals surface area (Å²) in [5, 5.41) is 7.72. The van der Waals surface area contributed by atoms with Crippen molar-refractivity contribution in [2.75, 3.05) is 55.9 Å². The fraction of sp³-hybridized carbons (Fsp3) is 0.207. The summed E-state index contributed by atoms with van der Waals surface area (Å²) in [5.74, 6) is 0.677. The standard InChI is InChI=1S/C29H30ClN7O2/c1-4-5-10-27(38)33-23-15-24(26(39-3)16-25(23)37-13-11-36(2)12-14-37)34-29-32-18-21(30)28(35-29)20-17-31-22-9-7-6-8-19(20)22/h4-10,15-18,31H,1,11-14H2,2-3H3,(H,33,38)(H,32,34,35)/b10-5+. The van der Waals surface area contributed by atoms with Crippen LogP contribution in [0.2, 0.25) is 5.02 Å². The molecule has 200 valence electrons. The Morgan fingerprint density at radius 2 is 1.97 bits per heavy atom. The Bertz CT molecular complexity index is 1540. The van der Waals surface area contributed by atoms with Crippen LogP contribution in [0.15, 0.2) is 73.6 Å². The Morgan fingerprint density at radius 3 is 2.74 bits per heavy atom. The number of allylic oxidation sites excluding steroid dienone is 2. The molecule has 0 bridgehead atoms. The maximum absolute atomic E-state index is 12.6. The molecule has 0 saturated carbocycles. The fourth-order valence-electron chi connectivity index (χ4n) is 4.58. The highest BCUT2D eigenvalue weighted by Gasteiger charge is 2.21. The van der Waals surface area contributed by atoms with Gasteiger partial charge >= 0.3 is 0 Å². The second-order valence-corrected chi connectivity index (χ2v) is 9.61. The lowest BCUT2D eigenvalue weighted by atomic mass is 10.1. The van der Waals surface area contributed by atoms with Crippen LogP contribution < -0.4 is 20.3 Å². The van der Waals surface area contributed by atoms with Gasteiger partial charge in [0, 0.05) is 61.0 Å². The lowest BCUT2D eigenvalue weighted by Gasteiger charge is -2.35. The molecule has 1 aliphatic heterocycles. The van der Waals surface area contributed by atoms with Crippen molar-refractivity contribution in [3.05, 3.63) is 78.6 Å². The monoisotopic (exact) mass is 543 g/mol. The zero-order valence-electron chi connectivity index (χ0n) is 21.9. The molecule has 2 aromatic carbocycles. The molecule has 9 nitrogen and oxygen atoms in total. The first-order chi connectivity index (χ1) is 19.0. The Labute approximate surface area is 232 Å². The van der Waals surface area contributed by atoms with Crippen molar-refractivity contribution in [3.8, 4) is 17.0 Å². The minimum atomic E-state index is -0.259. The van der Waals surface area contributed by atoms with Gasteiger partial charge in [0.2, 0.25) is 11.9 Å². The first-order valence-electron chi connectivity index (χ1n) is 12.6. The quantitative estimate of drug-likeness (QED) is 0.200. The third kappa shape index (κ3) is 5.74. The number of H-pyrrole nitrogens is 1. The van der Waals surface area contributed by atoms with Gasteiger partial charge in [0.15, 0.2) is 0 Å². The predicted molar refractivity (Wildman–Crippen MR) is 158 cm³/mol. The summed E-state index contributed by atoms with van der Waals surface area (Å²) in [6.45, 7) is 7.13. The van der Waals surface area contributed by atoms with Crippen LogP contribution in [0.4, 0.5) is 23.0 Å². The number of fused-ring (bicyclic) bond motifs is 1. The number of methoxy groups -OCH3 is 1. The van der Waals surface area contributed by atoms with Crippen LogP contribution in [-0.4, -0.2) is 66.1 Å². The second kappa shape index (κ2) is 11.6. The largest absolute Gasteiger partial charge is 0.494 e. The molecule has 39 heavy (non-hydrogen) atoms. The average molecular weight is 544 g/mol. The molecule has 0 atom stereocenters. The first-order valence-corrected chi connectivity index (χ1v) is 13.0. The number of carbonyl (C=O) groups is 1. The van der Waals surface area contributed by atoms with Gasteiger partial charge in [-0.15, -0.1) is 0 Å². The predicted octanol–water partition coefficient (Wildman–Crippen LogP) is 5.46. The number of ether oxygens (including phenoxy) is 1. The van der Waals surface area contributed by atoms with Gasteiger partial charge in [-0.25, -0.2) is 9.97 Å². The maximum atomic E-state index is 12.6. The van der Waals surface area contributed by atoms with E-state index in [0.717, 1.165) is 48.3 Å². The van der Waals surface area contributed by atoms with Gasteiger partial charge in [0.1, 0.15) is 5.75 Å². The Morgan fingerprint density at radius 1 is 1.18 bits per heavy atom. The number of hydrogen-bond donors (Lipinski definition) is 3. The van der Waals surface area contributed by atoms with E-state index < -0.39 is 0 Å². The molecule has 1 aliphatic rings. The fourth-order valence-corrected chi connectivity index (χ4v) is 4.77. The Kier molecular flexibility index (Phi) is 7.81. The van der Waals surface area contributed by atoms with Crippen LogP contribution in [0.25, 0.3) is 22.2 Å². The number of aromatic amines is 1. The molecule has 3 N–H and O–H groups in total. The molecule has 0 spiro atoms. The van der Waals surface area contributed by atoms with Gasteiger partial charge in [-0.05, 0) is 19.2 Å². The first kappa shape index (κ1) is 26.3. The van der Waals surface area contributed by atoms with Crippen LogP contribution in [-0.2, 0) is 4.79 Å². The summed E-state index contributed by atoms with van der Waals surface area (Å²) in [7, 11) is 3.71. The highest BCUT2D eigenvalue weighted by molar-refractivity contribution is 6.33. The van der Waals surface area contributed by atoms with Crippen molar-refractivity contribution < 1.29 is 9.53 Å². The number of hydrogen-bond acceptors (Lipinski definition) is 7. The molecule has 2 aromatic heterocycles. The van der Waals surface area contributed by atoms with Gasteiger partial charge in [0.25, 0.3) is 0 Å². The van der Waals surface area contributed by atoms with E-state index in [1.807, 2.05) is 42.6 Å². The highest BCUT2D eigenvalue weighted by atomic mass is 35.5. The number of para-hydroxylation sites is 1. The van der Waals surface area contributed by atoms with Gasteiger partial charge < -0.3 is 30.2 Å². The number of nitrogens with zero attached hydrogens (tertiary/aromatic N) is 4. The number of likely N-dealkylation sites (N-methyl/N-ethyl adjacent to an activating group) is 1. The molecule has 1 saturated heterocycles. The summed E-state index contributed by atoms with van der Waals surface area (Å²) in [5.41, 5.74) is 4.59. The van der Waals surface area contributed by atoms with Crippen molar-refractivity contribution in [2.45, 2.75) is 0 Å². The molecule has 10 heteroatoms. The summed E-state index contributed by atoms with van der Waals surface area (Å²) in [6, 6.07) is 11.7. The smallest absolute Gasteiger partial charge is 0.248 e. The number of aromatic nitrogens is 3. The average Bonchev–Trinajstić information content (AvgIpc) is 3.38. The van der Waals surface area contributed by atoms with E-state index in [0.29, 0.717) is 33.8 Å². The normalized spacial score (nSPS) is 14.1. The molecule has 4 aromatic rings. The van der Waals surface area contributed by atoms with Crippen LogP contribution in [0.1, 0.15) is 0 Å². The van der Waals surface area contributed by atoms with Crippen LogP contribution in [0.5, 0.6) is 5.75 Å². The lowest BCUT2D eigenvalue weighted by molar-refractivity contribution is -0.111. The number of amides is 1. The summed E-state index contributed by atoms with van der Waals surface area (Å²) >= 11 is 6.53. The number of benzene rings is 2. The summed E-state index contributed by atoms with van der Waals surface area (Å²) < 4.78 is 5.75. The van der Waals surface area contributed by atoms with E-state index >= 15 is 0 Å². The number of nitrogens with one attached hydrogen (secondary N) is 3. The van der Waals surface area contributed by atoms with E-state index in [1.54, 1.807) is 25.5 Å². The highest BCUT2D eigenvalue weighted by Crippen LogP contribution is 2.39. The molecule has 0 aliphatic carbocycles. The van der Waals surface area contributed by atoms with Crippen LogP contribution >= 0.6 is 11.6 Å². The van der Waals surface area contributed by atoms with Crippen molar-refractivity contribution >= 4 is 51.4 Å². The van der Waals surface area contributed by atoms with Gasteiger partial charge in [-0.2, -0.15) is 0 Å². The molecular formula is C29H30ClN7O2. The van der Waals surface area contributed by atoms with E-state index in [2.05, 4.69) is 44.0 Å².